The van der Waals surface area contributed by atoms with E-state index in [9.17, 15) is 14.7 Å². The number of Topliss-reactive ketones (excluding diaryl/α,β-unsaturated/α-hetero) is 1. The molecule has 1 aliphatic heterocycles. The quantitative estimate of drug-likeness (QED) is 0.590. The number of amides is 1. The molecule has 0 aliphatic carbocycles. The van der Waals surface area contributed by atoms with Gasteiger partial charge in [0.2, 0.25) is 0 Å². The van der Waals surface area contributed by atoms with Crippen molar-refractivity contribution < 1.29 is 14.7 Å². The Kier molecular flexibility index (Phi) is 5.72. The summed E-state index contributed by atoms with van der Waals surface area (Å²) in [6, 6.07) is 24.4. The van der Waals surface area contributed by atoms with Gasteiger partial charge in [-0.15, -0.1) is 0 Å². The summed E-state index contributed by atoms with van der Waals surface area (Å²) >= 11 is 0. The van der Waals surface area contributed by atoms with E-state index < -0.39 is 17.7 Å². The van der Waals surface area contributed by atoms with Gasteiger partial charge in [-0.2, -0.15) is 0 Å². The number of hydrogen-bond acceptors (Lipinski definition) is 3. The molecular formula is C27H25NO3. The summed E-state index contributed by atoms with van der Waals surface area (Å²) < 4.78 is 0. The van der Waals surface area contributed by atoms with Crippen LogP contribution in [0.5, 0.6) is 0 Å². The van der Waals surface area contributed by atoms with E-state index in [1.54, 1.807) is 4.90 Å². The fourth-order valence-corrected chi connectivity index (χ4v) is 4.11. The van der Waals surface area contributed by atoms with Gasteiger partial charge in [-0.3, -0.25) is 14.5 Å². The Morgan fingerprint density at radius 3 is 2.26 bits per heavy atom. The topological polar surface area (TPSA) is 57.6 Å². The first-order valence-corrected chi connectivity index (χ1v) is 10.4. The van der Waals surface area contributed by atoms with E-state index in [0.29, 0.717) is 12.1 Å². The zero-order valence-corrected chi connectivity index (χ0v) is 17.7. The Morgan fingerprint density at radius 1 is 0.935 bits per heavy atom. The van der Waals surface area contributed by atoms with Crippen molar-refractivity contribution in [2.45, 2.75) is 32.7 Å². The first-order valence-electron chi connectivity index (χ1n) is 10.4. The van der Waals surface area contributed by atoms with Crippen LogP contribution in [0.3, 0.4) is 0 Å². The smallest absolute Gasteiger partial charge is 0.294 e. The molecule has 1 N–H and O–H groups in total. The van der Waals surface area contributed by atoms with E-state index >= 15 is 0 Å². The van der Waals surface area contributed by atoms with Gasteiger partial charge in [0.15, 0.2) is 11.5 Å². The van der Waals surface area contributed by atoms with Gasteiger partial charge in [0.1, 0.15) is 0 Å². The van der Waals surface area contributed by atoms with Gasteiger partial charge in [-0.05, 0) is 48.6 Å². The van der Waals surface area contributed by atoms with Crippen LogP contribution < -0.4 is 4.90 Å². The van der Waals surface area contributed by atoms with E-state index in [-0.39, 0.29) is 17.8 Å². The lowest BCUT2D eigenvalue weighted by Crippen LogP contribution is -2.31. The lowest BCUT2D eigenvalue weighted by atomic mass is 9.92. The SMILES string of the molecule is Cc1ccc(C)c(N2C(=O)C(O)=C(C(=O)CCc3ccccc3)C2c2ccccc2)c1. The third-order valence-electron chi connectivity index (χ3n) is 5.73. The number of ketones is 1. The third-order valence-corrected chi connectivity index (χ3v) is 5.73. The fraction of sp³-hybridized carbons (Fsp3) is 0.185. The molecule has 31 heavy (non-hydrogen) atoms. The standard InChI is InChI=1S/C27H25NO3/c1-18-13-14-19(2)22(17-18)28-25(21-11-7-4-8-12-21)24(26(30)27(28)31)23(29)16-15-20-9-5-3-6-10-20/h3-14,17,25,30H,15-16H2,1-2H3. The van der Waals surface area contributed by atoms with Crippen molar-refractivity contribution in [3.8, 4) is 0 Å². The summed E-state index contributed by atoms with van der Waals surface area (Å²) in [6.07, 6.45) is 0.774. The molecule has 1 atom stereocenters. The van der Waals surface area contributed by atoms with Crippen LogP contribution >= 0.6 is 0 Å². The van der Waals surface area contributed by atoms with E-state index in [1.807, 2.05) is 92.7 Å². The molecule has 4 nitrogen and oxygen atoms in total. The molecule has 0 spiro atoms. The summed E-state index contributed by atoms with van der Waals surface area (Å²) in [5.74, 6) is -1.20. The van der Waals surface area contributed by atoms with Crippen LogP contribution in [0.2, 0.25) is 0 Å². The third kappa shape index (κ3) is 4.02. The highest BCUT2D eigenvalue weighted by Crippen LogP contribution is 2.42. The molecule has 1 unspecified atom stereocenters. The monoisotopic (exact) mass is 411 g/mol. The lowest BCUT2D eigenvalue weighted by Gasteiger charge is -2.28. The number of aliphatic hydroxyl groups excluding tert-OH is 1. The molecule has 0 fully saturated rings. The van der Waals surface area contributed by atoms with Crippen molar-refractivity contribution in [2.75, 3.05) is 4.90 Å². The van der Waals surface area contributed by atoms with Gasteiger partial charge in [0.05, 0.1) is 11.6 Å². The van der Waals surface area contributed by atoms with Crippen LogP contribution in [-0.2, 0) is 16.0 Å². The summed E-state index contributed by atoms with van der Waals surface area (Å²) in [6.45, 7) is 3.89. The van der Waals surface area contributed by atoms with Crippen LogP contribution in [0.1, 0.15) is 34.7 Å². The molecule has 1 aliphatic rings. The first-order chi connectivity index (χ1) is 15.0. The number of carbonyl (C=O) groups is 2. The Labute approximate surface area is 182 Å². The van der Waals surface area contributed by atoms with Gasteiger partial charge in [0.25, 0.3) is 5.91 Å². The number of carbonyl (C=O) groups excluding carboxylic acids is 2. The minimum atomic E-state index is -0.655. The molecule has 0 aromatic heterocycles. The van der Waals surface area contributed by atoms with Gasteiger partial charge in [0, 0.05) is 12.1 Å². The average Bonchev–Trinajstić information content (AvgIpc) is 3.06. The zero-order chi connectivity index (χ0) is 22.0. The highest BCUT2D eigenvalue weighted by molar-refractivity contribution is 6.16. The maximum atomic E-state index is 13.3. The number of rotatable bonds is 6. The molecule has 0 radical (unpaired) electrons. The van der Waals surface area contributed by atoms with Gasteiger partial charge in [-0.25, -0.2) is 0 Å². The van der Waals surface area contributed by atoms with Crippen LogP contribution in [0.4, 0.5) is 5.69 Å². The summed E-state index contributed by atoms with van der Waals surface area (Å²) in [7, 11) is 0. The molecule has 3 aromatic carbocycles. The van der Waals surface area contributed by atoms with Crippen molar-refractivity contribution in [3.63, 3.8) is 0 Å². The number of hydrogen-bond donors (Lipinski definition) is 1. The molecule has 1 amide bonds. The van der Waals surface area contributed by atoms with E-state index in [2.05, 4.69) is 0 Å². The second-order valence-electron chi connectivity index (χ2n) is 7.95. The zero-order valence-electron chi connectivity index (χ0n) is 17.7. The van der Waals surface area contributed by atoms with E-state index in [0.717, 1.165) is 22.3 Å². The first kappa shape index (κ1) is 20.6. The Balaban J connectivity index is 1.75. The normalized spacial score (nSPS) is 16.1. The highest BCUT2D eigenvalue weighted by atomic mass is 16.3. The van der Waals surface area contributed by atoms with Gasteiger partial charge >= 0.3 is 0 Å². The summed E-state index contributed by atoms with van der Waals surface area (Å²) in [4.78, 5) is 28.1. The van der Waals surface area contributed by atoms with Gasteiger partial charge in [-0.1, -0.05) is 72.8 Å². The fourth-order valence-electron chi connectivity index (χ4n) is 4.11. The lowest BCUT2D eigenvalue weighted by molar-refractivity contribution is -0.118. The molecule has 4 rings (SSSR count). The molecule has 0 saturated heterocycles. The molecule has 3 aromatic rings. The highest BCUT2D eigenvalue weighted by Gasteiger charge is 2.44. The van der Waals surface area contributed by atoms with Crippen LogP contribution in [0, 0.1) is 13.8 Å². The molecule has 0 bridgehead atoms. The van der Waals surface area contributed by atoms with Crippen LogP contribution in [-0.4, -0.2) is 16.8 Å². The van der Waals surface area contributed by atoms with Gasteiger partial charge < -0.3 is 5.11 Å². The molecule has 156 valence electrons. The average molecular weight is 412 g/mol. The number of aliphatic hydroxyl groups is 1. The molecular weight excluding hydrogens is 386 g/mol. The maximum absolute atomic E-state index is 13.3. The molecule has 4 heteroatoms. The van der Waals surface area contributed by atoms with Crippen molar-refractivity contribution in [1.82, 2.24) is 0 Å². The Morgan fingerprint density at radius 2 is 1.58 bits per heavy atom. The predicted octanol–water partition coefficient (Wildman–Crippen LogP) is 5.41. The minimum absolute atomic E-state index is 0.174. The second kappa shape index (κ2) is 8.60. The second-order valence-corrected chi connectivity index (χ2v) is 7.95. The molecule has 0 saturated carbocycles. The Bertz CT molecular complexity index is 1150. The number of nitrogens with zero attached hydrogens (tertiary/aromatic N) is 1. The van der Waals surface area contributed by atoms with Crippen molar-refractivity contribution in [3.05, 3.63) is 112 Å². The van der Waals surface area contributed by atoms with E-state index in [4.69, 9.17) is 0 Å². The van der Waals surface area contributed by atoms with Crippen molar-refractivity contribution in [1.29, 1.82) is 0 Å². The number of anilines is 1. The molecule has 1 heterocycles. The maximum Gasteiger partial charge on any atom is 0.294 e. The number of aryl methyl sites for hydroxylation is 3. The van der Waals surface area contributed by atoms with E-state index in [1.165, 1.54) is 0 Å². The van der Waals surface area contributed by atoms with Crippen molar-refractivity contribution >= 4 is 17.4 Å². The largest absolute Gasteiger partial charge is 0.503 e. The number of benzene rings is 3. The minimum Gasteiger partial charge on any atom is -0.503 e. The van der Waals surface area contributed by atoms with Crippen LogP contribution in [0.15, 0.2) is 90.2 Å². The Hall–Kier alpha value is -3.66. The summed E-state index contributed by atoms with van der Waals surface area (Å²) in [5, 5.41) is 10.8. The van der Waals surface area contributed by atoms with Crippen molar-refractivity contribution in [2.24, 2.45) is 0 Å². The van der Waals surface area contributed by atoms with Crippen LogP contribution in [0.25, 0.3) is 0 Å². The summed E-state index contributed by atoms with van der Waals surface area (Å²) in [5.41, 5.74) is 4.63. The predicted molar refractivity (Wildman–Crippen MR) is 122 cm³/mol.